The SMILES string of the molecule is Fc1ccc(-c2nc3ccccc3c(Nc3ccccc3)c2-c2ccc(F)cc2)cc1. The summed E-state index contributed by atoms with van der Waals surface area (Å²) < 4.78 is 27.3. The molecule has 1 aromatic heterocycles. The Hall–Kier alpha value is -4.05. The molecule has 0 aliphatic carbocycles. The van der Waals surface area contributed by atoms with E-state index in [4.69, 9.17) is 4.98 Å². The van der Waals surface area contributed by atoms with Crippen LogP contribution in [0.1, 0.15) is 0 Å². The molecule has 1 N–H and O–H groups in total. The molecule has 0 spiro atoms. The summed E-state index contributed by atoms with van der Waals surface area (Å²) in [4.78, 5) is 4.92. The number of aromatic nitrogens is 1. The highest BCUT2D eigenvalue weighted by Gasteiger charge is 2.18. The fourth-order valence-electron chi connectivity index (χ4n) is 3.72. The van der Waals surface area contributed by atoms with Crippen LogP contribution < -0.4 is 5.32 Å². The molecule has 0 radical (unpaired) electrons. The molecule has 1 heterocycles. The largest absolute Gasteiger partial charge is 0.354 e. The second-order valence-corrected chi connectivity index (χ2v) is 7.23. The van der Waals surface area contributed by atoms with Crippen molar-refractivity contribution in [3.8, 4) is 22.4 Å². The van der Waals surface area contributed by atoms with Crippen molar-refractivity contribution in [1.82, 2.24) is 4.98 Å². The van der Waals surface area contributed by atoms with Crippen LogP contribution >= 0.6 is 0 Å². The van der Waals surface area contributed by atoms with Crippen molar-refractivity contribution in [3.05, 3.63) is 115 Å². The van der Waals surface area contributed by atoms with E-state index in [1.54, 1.807) is 24.3 Å². The number of hydrogen-bond acceptors (Lipinski definition) is 2. The third-order valence-corrected chi connectivity index (χ3v) is 5.19. The number of fused-ring (bicyclic) bond motifs is 1. The molecule has 150 valence electrons. The van der Waals surface area contributed by atoms with Crippen molar-refractivity contribution in [3.63, 3.8) is 0 Å². The van der Waals surface area contributed by atoms with Crippen LogP contribution in [0, 0.1) is 11.6 Å². The lowest BCUT2D eigenvalue weighted by molar-refractivity contribution is 0.627. The van der Waals surface area contributed by atoms with Crippen molar-refractivity contribution < 1.29 is 8.78 Å². The zero-order valence-corrected chi connectivity index (χ0v) is 16.5. The fraction of sp³-hybridized carbons (Fsp3) is 0. The first kappa shape index (κ1) is 18.9. The summed E-state index contributed by atoms with van der Waals surface area (Å²) in [7, 11) is 0. The number of pyridine rings is 1. The normalized spacial score (nSPS) is 10.9. The highest BCUT2D eigenvalue weighted by molar-refractivity contribution is 6.06. The zero-order chi connectivity index (χ0) is 21.2. The molecule has 4 heteroatoms. The van der Waals surface area contributed by atoms with Crippen LogP contribution in [0.2, 0.25) is 0 Å². The highest BCUT2D eigenvalue weighted by Crippen LogP contribution is 2.42. The van der Waals surface area contributed by atoms with Crippen molar-refractivity contribution in [2.45, 2.75) is 0 Å². The Balaban J connectivity index is 1.85. The number of para-hydroxylation sites is 2. The minimum absolute atomic E-state index is 0.307. The van der Waals surface area contributed by atoms with E-state index in [0.29, 0.717) is 5.69 Å². The van der Waals surface area contributed by atoms with Gasteiger partial charge in [0.1, 0.15) is 11.6 Å². The Kier molecular flexibility index (Phi) is 4.89. The Bertz CT molecular complexity index is 1350. The van der Waals surface area contributed by atoms with Gasteiger partial charge in [0, 0.05) is 22.2 Å². The second-order valence-electron chi connectivity index (χ2n) is 7.23. The average molecular weight is 408 g/mol. The number of anilines is 2. The van der Waals surface area contributed by atoms with Crippen LogP contribution in [0.4, 0.5) is 20.2 Å². The highest BCUT2D eigenvalue weighted by atomic mass is 19.1. The summed E-state index contributed by atoms with van der Waals surface area (Å²) >= 11 is 0. The van der Waals surface area contributed by atoms with Crippen LogP contribution in [0.15, 0.2) is 103 Å². The molecule has 2 nitrogen and oxygen atoms in total. The number of hydrogen-bond donors (Lipinski definition) is 1. The van der Waals surface area contributed by atoms with Crippen molar-refractivity contribution in [2.24, 2.45) is 0 Å². The van der Waals surface area contributed by atoms with Gasteiger partial charge >= 0.3 is 0 Å². The molecule has 0 saturated heterocycles. The molecule has 0 bridgehead atoms. The van der Waals surface area contributed by atoms with Gasteiger partial charge in [-0.25, -0.2) is 13.8 Å². The van der Waals surface area contributed by atoms with Crippen LogP contribution in [0.5, 0.6) is 0 Å². The molecule has 0 aliphatic heterocycles. The summed E-state index contributed by atoms with van der Waals surface area (Å²) in [5.41, 5.74) is 5.72. The van der Waals surface area contributed by atoms with Crippen LogP contribution in [-0.2, 0) is 0 Å². The summed E-state index contributed by atoms with van der Waals surface area (Å²) in [6, 6.07) is 30.3. The first-order valence-electron chi connectivity index (χ1n) is 9.96. The minimum atomic E-state index is -0.310. The smallest absolute Gasteiger partial charge is 0.123 e. The lowest BCUT2D eigenvalue weighted by Gasteiger charge is -2.19. The van der Waals surface area contributed by atoms with Crippen LogP contribution in [-0.4, -0.2) is 4.98 Å². The van der Waals surface area contributed by atoms with Gasteiger partial charge in [-0.2, -0.15) is 0 Å². The molecule has 0 amide bonds. The zero-order valence-electron chi connectivity index (χ0n) is 16.5. The van der Waals surface area contributed by atoms with Gasteiger partial charge in [0.15, 0.2) is 0 Å². The molecule has 4 aromatic carbocycles. The van der Waals surface area contributed by atoms with Gasteiger partial charge in [-0.1, -0.05) is 48.5 Å². The third kappa shape index (κ3) is 3.76. The Morgan fingerprint density at radius 2 is 1.16 bits per heavy atom. The van der Waals surface area contributed by atoms with Gasteiger partial charge in [-0.3, -0.25) is 0 Å². The Labute approximate surface area is 178 Å². The lowest BCUT2D eigenvalue weighted by atomic mass is 9.94. The van der Waals surface area contributed by atoms with Crippen molar-refractivity contribution >= 4 is 22.3 Å². The van der Waals surface area contributed by atoms with Gasteiger partial charge in [-0.15, -0.1) is 0 Å². The molecule has 0 saturated carbocycles. The maximum atomic E-state index is 13.7. The Morgan fingerprint density at radius 3 is 1.84 bits per heavy atom. The van der Waals surface area contributed by atoms with Crippen molar-refractivity contribution in [2.75, 3.05) is 5.32 Å². The van der Waals surface area contributed by atoms with Crippen LogP contribution in [0.3, 0.4) is 0 Å². The van der Waals surface area contributed by atoms with E-state index in [2.05, 4.69) is 5.32 Å². The lowest BCUT2D eigenvalue weighted by Crippen LogP contribution is -2.00. The van der Waals surface area contributed by atoms with E-state index in [-0.39, 0.29) is 11.6 Å². The molecule has 0 fully saturated rings. The number of benzene rings is 4. The fourth-order valence-corrected chi connectivity index (χ4v) is 3.72. The second kappa shape index (κ2) is 8.00. The van der Waals surface area contributed by atoms with E-state index in [1.807, 2.05) is 54.6 Å². The molecule has 5 aromatic rings. The maximum Gasteiger partial charge on any atom is 0.123 e. The predicted molar refractivity (Wildman–Crippen MR) is 122 cm³/mol. The van der Waals surface area contributed by atoms with E-state index >= 15 is 0 Å². The van der Waals surface area contributed by atoms with Gasteiger partial charge in [-0.05, 0) is 60.2 Å². The van der Waals surface area contributed by atoms with Gasteiger partial charge in [0.25, 0.3) is 0 Å². The Morgan fingerprint density at radius 1 is 0.581 bits per heavy atom. The van der Waals surface area contributed by atoms with E-state index < -0.39 is 0 Å². The van der Waals surface area contributed by atoms with E-state index in [1.165, 1.54) is 24.3 Å². The van der Waals surface area contributed by atoms with Gasteiger partial charge < -0.3 is 5.32 Å². The average Bonchev–Trinajstić information content (AvgIpc) is 2.81. The first-order chi connectivity index (χ1) is 15.2. The monoisotopic (exact) mass is 408 g/mol. The number of nitrogens with one attached hydrogen (secondary N) is 1. The molecule has 31 heavy (non-hydrogen) atoms. The molecular formula is C27H18F2N2. The summed E-state index contributed by atoms with van der Waals surface area (Å²) in [6.45, 7) is 0. The van der Waals surface area contributed by atoms with Gasteiger partial charge in [0.05, 0.1) is 16.9 Å². The molecule has 0 atom stereocenters. The third-order valence-electron chi connectivity index (χ3n) is 5.19. The maximum absolute atomic E-state index is 13.7. The van der Waals surface area contributed by atoms with Gasteiger partial charge in [0.2, 0.25) is 0 Å². The number of rotatable bonds is 4. The summed E-state index contributed by atoms with van der Waals surface area (Å²) in [5.74, 6) is -0.617. The minimum Gasteiger partial charge on any atom is -0.354 e. The summed E-state index contributed by atoms with van der Waals surface area (Å²) in [6.07, 6.45) is 0. The quantitative estimate of drug-likeness (QED) is 0.331. The van der Waals surface area contributed by atoms with E-state index in [9.17, 15) is 8.78 Å². The molecule has 5 rings (SSSR count). The topological polar surface area (TPSA) is 24.9 Å². The molecule has 0 aliphatic rings. The standard InChI is InChI=1S/C27H18F2N2/c28-20-14-10-18(11-15-20)25-26(19-12-16-21(29)17-13-19)31-24-9-5-4-8-23(24)27(25)30-22-6-2-1-3-7-22/h1-17H,(H,30,31). The first-order valence-corrected chi connectivity index (χ1v) is 9.96. The molecule has 0 unspecified atom stereocenters. The summed E-state index contributed by atoms with van der Waals surface area (Å²) in [5, 5.41) is 4.48. The van der Waals surface area contributed by atoms with Crippen molar-refractivity contribution in [1.29, 1.82) is 0 Å². The molecular weight excluding hydrogens is 390 g/mol. The predicted octanol–water partition coefficient (Wildman–Crippen LogP) is 7.59. The van der Waals surface area contributed by atoms with Crippen LogP contribution in [0.25, 0.3) is 33.3 Å². The number of halogens is 2. The van der Waals surface area contributed by atoms with E-state index in [0.717, 1.165) is 39.0 Å². The number of nitrogens with zero attached hydrogens (tertiary/aromatic N) is 1.